The summed E-state index contributed by atoms with van der Waals surface area (Å²) in [5.74, 6) is -0.531. The Morgan fingerprint density at radius 1 is 0.885 bits per heavy atom. The Labute approximate surface area is 155 Å². The van der Waals surface area contributed by atoms with Gasteiger partial charge in [0, 0.05) is 16.5 Å². The first kappa shape index (κ1) is 18.6. The molecule has 0 bridgehead atoms. The lowest BCUT2D eigenvalue weighted by molar-refractivity contribution is 0.101. The van der Waals surface area contributed by atoms with Crippen molar-refractivity contribution in [1.82, 2.24) is 4.98 Å². The fraction of sp³-hybridized carbons (Fsp3) is 0.400. The van der Waals surface area contributed by atoms with Gasteiger partial charge < -0.3 is 0 Å². The van der Waals surface area contributed by atoms with E-state index in [1.807, 2.05) is 20.8 Å². The van der Waals surface area contributed by atoms with Crippen molar-refractivity contribution in [3.8, 4) is 0 Å². The summed E-state index contributed by atoms with van der Waals surface area (Å²) in [6.07, 6.45) is 0. The van der Waals surface area contributed by atoms with E-state index in [1.54, 1.807) is 30.3 Å². The molecule has 5 nitrogen and oxygen atoms in total. The van der Waals surface area contributed by atoms with E-state index < -0.39 is 21.3 Å². The van der Waals surface area contributed by atoms with Crippen LogP contribution in [0.5, 0.6) is 0 Å². The Morgan fingerprint density at radius 2 is 1.50 bits per heavy atom. The van der Waals surface area contributed by atoms with Gasteiger partial charge >= 0.3 is 0 Å². The average molecular weight is 372 g/mol. The Balaban J connectivity index is 2.27. The summed E-state index contributed by atoms with van der Waals surface area (Å²) in [5, 5.41) is 0. The number of hydrogen-bond acceptors (Lipinski definition) is 4. The third-order valence-electron chi connectivity index (χ3n) is 4.39. The van der Waals surface area contributed by atoms with Gasteiger partial charge in [0.05, 0.1) is 16.9 Å². The molecule has 1 aliphatic rings. The van der Waals surface area contributed by atoms with Gasteiger partial charge in [-0.25, -0.2) is 8.42 Å². The molecule has 0 saturated heterocycles. The lowest BCUT2D eigenvalue weighted by Crippen LogP contribution is -2.33. The molecule has 2 aromatic rings. The number of fused-ring (bicyclic) bond motifs is 1. The number of rotatable bonds is 1. The molecule has 3 rings (SSSR count). The monoisotopic (exact) mass is 372 g/mol. The third-order valence-corrected chi connectivity index (χ3v) is 6.15. The van der Waals surface area contributed by atoms with Gasteiger partial charge in [0.1, 0.15) is 4.90 Å². The summed E-state index contributed by atoms with van der Waals surface area (Å²) in [6.45, 7) is 12.0. The van der Waals surface area contributed by atoms with Gasteiger partial charge in [0.25, 0.3) is 15.9 Å². The van der Waals surface area contributed by atoms with Gasteiger partial charge in [-0.05, 0) is 24.3 Å². The molecule has 1 aromatic carbocycles. The lowest BCUT2D eigenvalue weighted by Gasteiger charge is -2.28. The van der Waals surface area contributed by atoms with Crippen molar-refractivity contribution in [3.05, 3.63) is 53.3 Å². The number of pyridine rings is 1. The Bertz CT molecular complexity index is 996. The maximum Gasteiger partial charge on any atom is 0.273 e. The smallest absolute Gasteiger partial charge is 0.268 e. The number of sulfonamides is 1. The van der Waals surface area contributed by atoms with Gasteiger partial charge in [0.15, 0.2) is 0 Å². The van der Waals surface area contributed by atoms with Gasteiger partial charge in [-0.2, -0.15) is 4.31 Å². The van der Waals surface area contributed by atoms with Crippen LogP contribution in [-0.2, 0) is 20.9 Å². The van der Waals surface area contributed by atoms with Crippen molar-refractivity contribution < 1.29 is 13.2 Å². The minimum Gasteiger partial charge on any atom is -0.268 e. The van der Waals surface area contributed by atoms with Gasteiger partial charge in [-0.3, -0.25) is 9.78 Å². The molecule has 26 heavy (non-hydrogen) atoms. The number of amides is 1. The summed E-state index contributed by atoms with van der Waals surface area (Å²) >= 11 is 0. The van der Waals surface area contributed by atoms with Crippen LogP contribution in [0.1, 0.15) is 63.3 Å². The van der Waals surface area contributed by atoms with E-state index in [2.05, 4.69) is 20.8 Å². The fourth-order valence-electron chi connectivity index (χ4n) is 3.01. The third kappa shape index (κ3) is 2.82. The summed E-state index contributed by atoms with van der Waals surface area (Å²) in [5.41, 5.74) is 1.36. The van der Waals surface area contributed by atoms with Crippen molar-refractivity contribution in [2.75, 3.05) is 4.31 Å². The van der Waals surface area contributed by atoms with Crippen LogP contribution >= 0.6 is 0 Å². The highest BCUT2D eigenvalue weighted by molar-refractivity contribution is 7.94. The predicted molar refractivity (Wildman–Crippen MR) is 102 cm³/mol. The Morgan fingerprint density at radius 3 is 2.04 bits per heavy atom. The second kappa shape index (κ2) is 5.64. The fourth-order valence-corrected chi connectivity index (χ4v) is 4.61. The second-order valence-electron chi connectivity index (χ2n) is 8.63. The highest BCUT2D eigenvalue weighted by atomic mass is 32.2. The van der Waals surface area contributed by atoms with Gasteiger partial charge in [-0.1, -0.05) is 53.7 Å². The zero-order valence-electron chi connectivity index (χ0n) is 16.0. The largest absolute Gasteiger partial charge is 0.273 e. The molecule has 0 aliphatic carbocycles. The van der Waals surface area contributed by atoms with Crippen LogP contribution in [0.4, 0.5) is 5.69 Å². The normalized spacial score (nSPS) is 16.7. The first-order valence-corrected chi connectivity index (χ1v) is 10.00. The molecule has 2 heterocycles. The number of carbonyl (C=O) groups is 1. The van der Waals surface area contributed by atoms with Crippen LogP contribution in [0, 0.1) is 0 Å². The minimum absolute atomic E-state index is 0.0461. The molecular weight excluding hydrogens is 348 g/mol. The Kier molecular flexibility index (Phi) is 4.03. The molecule has 0 radical (unpaired) electrons. The van der Waals surface area contributed by atoms with Crippen LogP contribution in [0.3, 0.4) is 0 Å². The summed E-state index contributed by atoms with van der Waals surface area (Å²) in [4.78, 5) is 17.7. The zero-order valence-corrected chi connectivity index (χ0v) is 16.8. The van der Waals surface area contributed by atoms with Crippen molar-refractivity contribution >= 4 is 21.6 Å². The van der Waals surface area contributed by atoms with Crippen molar-refractivity contribution in [1.29, 1.82) is 0 Å². The SMILES string of the molecule is CC(C)(C)c1ccc(N2C(=O)c3ccccc3S2(=O)=O)c(C(C)(C)C)n1. The molecule has 0 fully saturated rings. The molecule has 1 aliphatic heterocycles. The van der Waals surface area contributed by atoms with E-state index in [1.165, 1.54) is 6.07 Å². The summed E-state index contributed by atoms with van der Waals surface area (Å²) < 4.78 is 27.0. The molecule has 138 valence electrons. The first-order chi connectivity index (χ1) is 11.8. The molecule has 0 unspecified atom stereocenters. The van der Waals surface area contributed by atoms with Crippen LogP contribution in [-0.4, -0.2) is 19.3 Å². The van der Waals surface area contributed by atoms with E-state index in [-0.39, 0.29) is 15.9 Å². The molecule has 1 aromatic heterocycles. The number of hydrogen-bond donors (Lipinski definition) is 0. The number of benzene rings is 1. The highest BCUT2D eigenvalue weighted by Gasteiger charge is 2.44. The molecule has 0 atom stereocenters. The van der Waals surface area contributed by atoms with Crippen molar-refractivity contribution in [2.24, 2.45) is 0 Å². The van der Waals surface area contributed by atoms with Crippen LogP contribution in [0.15, 0.2) is 41.3 Å². The van der Waals surface area contributed by atoms with Crippen molar-refractivity contribution in [2.45, 2.75) is 57.3 Å². The minimum atomic E-state index is -3.94. The number of anilines is 1. The highest BCUT2D eigenvalue weighted by Crippen LogP contribution is 2.40. The summed E-state index contributed by atoms with van der Waals surface area (Å²) in [6, 6.07) is 9.81. The van der Waals surface area contributed by atoms with E-state index in [4.69, 9.17) is 4.98 Å². The topological polar surface area (TPSA) is 67.3 Å². The first-order valence-electron chi connectivity index (χ1n) is 8.56. The Hall–Kier alpha value is -2.21. The van der Waals surface area contributed by atoms with E-state index in [0.717, 1.165) is 10.00 Å². The van der Waals surface area contributed by atoms with Gasteiger partial charge in [0.2, 0.25) is 0 Å². The quantitative estimate of drug-likeness (QED) is 0.758. The van der Waals surface area contributed by atoms with E-state index in [9.17, 15) is 13.2 Å². The maximum atomic E-state index is 13.0. The lowest BCUT2D eigenvalue weighted by atomic mass is 9.87. The predicted octanol–water partition coefficient (Wildman–Crippen LogP) is 4.03. The number of nitrogens with zero attached hydrogens (tertiary/aromatic N) is 2. The van der Waals surface area contributed by atoms with Crippen LogP contribution in [0.25, 0.3) is 0 Å². The van der Waals surface area contributed by atoms with E-state index >= 15 is 0 Å². The standard InChI is InChI=1S/C20H24N2O3S/c1-19(2,3)16-12-11-14(17(21-16)20(4,5)6)22-18(23)13-9-7-8-10-15(13)26(22,24)25/h7-12H,1-6H3. The molecular formula is C20H24N2O3S. The summed E-state index contributed by atoms with van der Waals surface area (Å²) in [7, 11) is -3.94. The molecule has 0 N–H and O–H groups in total. The molecule has 0 saturated carbocycles. The second-order valence-corrected chi connectivity index (χ2v) is 10.4. The number of aromatic nitrogens is 1. The zero-order chi connectivity index (χ0) is 19.5. The van der Waals surface area contributed by atoms with Crippen LogP contribution < -0.4 is 4.31 Å². The maximum absolute atomic E-state index is 13.0. The average Bonchev–Trinajstić information content (AvgIpc) is 2.72. The van der Waals surface area contributed by atoms with E-state index in [0.29, 0.717) is 11.4 Å². The number of carbonyl (C=O) groups excluding carboxylic acids is 1. The van der Waals surface area contributed by atoms with Gasteiger partial charge in [-0.15, -0.1) is 0 Å². The molecule has 6 heteroatoms. The van der Waals surface area contributed by atoms with Crippen LogP contribution in [0.2, 0.25) is 0 Å². The van der Waals surface area contributed by atoms with Crippen molar-refractivity contribution in [3.63, 3.8) is 0 Å². The molecule has 1 amide bonds. The molecule has 0 spiro atoms.